The van der Waals surface area contributed by atoms with E-state index in [4.69, 9.17) is 16.3 Å². The molecule has 4 rings (SSSR count). The van der Waals surface area contributed by atoms with Crippen LogP contribution in [0.3, 0.4) is 0 Å². The molecule has 0 fully saturated rings. The second-order valence-electron chi connectivity index (χ2n) is 8.12. The van der Waals surface area contributed by atoms with Crippen molar-refractivity contribution in [1.82, 2.24) is 0 Å². The lowest BCUT2D eigenvalue weighted by Crippen LogP contribution is -2.27. The monoisotopic (exact) mass is 537 g/mol. The summed E-state index contributed by atoms with van der Waals surface area (Å²) in [7, 11) is 0. The molecule has 0 saturated heterocycles. The molecule has 0 aliphatic heterocycles. The van der Waals surface area contributed by atoms with Gasteiger partial charge in [-0.2, -0.15) is 13.2 Å². The Morgan fingerprint density at radius 2 is 1.34 bits per heavy atom. The standard InChI is InChI=1S/C29H19ClF3NO4/c30-23-16-15-20(29(31,32)33)17-24(23)34-27(36)26(19-11-5-2-6-12-19)38-28(37)22-14-8-7-13-21(22)25(35)18-9-3-1-4-10-18/h1-17,26H,(H,34,36)/t26-/m1/s1. The number of esters is 1. The van der Waals surface area contributed by atoms with E-state index in [2.05, 4.69) is 5.32 Å². The molecule has 0 aliphatic carbocycles. The Morgan fingerprint density at radius 3 is 1.97 bits per heavy atom. The lowest BCUT2D eigenvalue weighted by atomic mass is 9.98. The molecular weight excluding hydrogens is 519 g/mol. The van der Waals surface area contributed by atoms with Crippen LogP contribution in [-0.4, -0.2) is 17.7 Å². The first-order valence-corrected chi connectivity index (χ1v) is 11.7. The lowest BCUT2D eigenvalue weighted by Gasteiger charge is -2.20. The Labute approximate surface area is 220 Å². The van der Waals surface area contributed by atoms with Gasteiger partial charge in [-0.25, -0.2) is 4.79 Å². The SMILES string of the molecule is O=C(O[C@@H](C(=O)Nc1cc(C(F)(F)F)ccc1Cl)c1ccccc1)c1ccccc1C(=O)c1ccccc1. The van der Waals surface area contributed by atoms with Crippen molar-refractivity contribution in [2.75, 3.05) is 5.32 Å². The lowest BCUT2D eigenvalue weighted by molar-refractivity contribution is -0.137. The van der Waals surface area contributed by atoms with Gasteiger partial charge in [0, 0.05) is 16.7 Å². The van der Waals surface area contributed by atoms with Crippen LogP contribution in [-0.2, 0) is 15.7 Å². The highest BCUT2D eigenvalue weighted by Crippen LogP contribution is 2.34. The molecule has 5 nitrogen and oxygen atoms in total. The van der Waals surface area contributed by atoms with Gasteiger partial charge in [0.25, 0.3) is 5.91 Å². The summed E-state index contributed by atoms with van der Waals surface area (Å²) < 4.78 is 45.1. The van der Waals surface area contributed by atoms with E-state index in [0.29, 0.717) is 11.6 Å². The highest BCUT2D eigenvalue weighted by atomic mass is 35.5. The highest BCUT2D eigenvalue weighted by Gasteiger charge is 2.32. The maximum atomic E-state index is 13.3. The number of rotatable bonds is 7. The van der Waals surface area contributed by atoms with E-state index in [1.54, 1.807) is 60.7 Å². The quantitative estimate of drug-likeness (QED) is 0.201. The Bertz CT molecular complexity index is 1470. The van der Waals surface area contributed by atoms with Crippen LogP contribution in [0.1, 0.15) is 43.5 Å². The molecule has 4 aromatic rings. The van der Waals surface area contributed by atoms with Crippen LogP contribution >= 0.6 is 11.6 Å². The average molecular weight is 538 g/mol. The fourth-order valence-electron chi connectivity index (χ4n) is 3.67. The second-order valence-corrected chi connectivity index (χ2v) is 8.53. The summed E-state index contributed by atoms with van der Waals surface area (Å²) in [6.07, 6.45) is -6.22. The smallest absolute Gasteiger partial charge is 0.416 e. The normalized spacial score (nSPS) is 11.9. The molecule has 192 valence electrons. The van der Waals surface area contributed by atoms with Crippen molar-refractivity contribution in [3.63, 3.8) is 0 Å². The van der Waals surface area contributed by atoms with Crippen LogP contribution in [0, 0.1) is 0 Å². The van der Waals surface area contributed by atoms with Gasteiger partial charge in [0.2, 0.25) is 6.10 Å². The van der Waals surface area contributed by atoms with Crippen molar-refractivity contribution in [1.29, 1.82) is 0 Å². The van der Waals surface area contributed by atoms with E-state index in [0.717, 1.165) is 12.1 Å². The van der Waals surface area contributed by atoms with Crippen molar-refractivity contribution in [3.05, 3.63) is 136 Å². The van der Waals surface area contributed by atoms with Crippen LogP contribution in [0.25, 0.3) is 0 Å². The molecule has 0 spiro atoms. The molecular formula is C29H19ClF3NO4. The Morgan fingerprint density at radius 1 is 0.763 bits per heavy atom. The summed E-state index contributed by atoms with van der Waals surface area (Å²) in [6.45, 7) is 0. The van der Waals surface area contributed by atoms with Crippen LogP contribution in [0.2, 0.25) is 5.02 Å². The van der Waals surface area contributed by atoms with Crippen LogP contribution < -0.4 is 5.32 Å². The third-order valence-corrected chi connectivity index (χ3v) is 5.87. The molecule has 38 heavy (non-hydrogen) atoms. The second kappa shape index (κ2) is 11.3. The van der Waals surface area contributed by atoms with E-state index >= 15 is 0 Å². The number of hydrogen-bond acceptors (Lipinski definition) is 4. The number of nitrogens with one attached hydrogen (secondary N) is 1. The molecule has 1 amide bonds. The van der Waals surface area contributed by atoms with Gasteiger partial charge in [0.05, 0.1) is 21.8 Å². The number of ether oxygens (including phenoxy) is 1. The molecule has 0 saturated carbocycles. The first kappa shape index (κ1) is 26.6. The van der Waals surface area contributed by atoms with Gasteiger partial charge >= 0.3 is 12.1 Å². The van der Waals surface area contributed by atoms with Crippen LogP contribution in [0.15, 0.2) is 103 Å². The Balaban J connectivity index is 1.65. The third kappa shape index (κ3) is 6.10. The number of carbonyl (C=O) groups excluding carboxylic acids is 3. The van der Waals surface area contributed by atoms with Crippen molar-refractivity contribution >= 4 is 34.9 Å². The summed E-state index contributed by atoms with van der Waals surface area (Å²) in [4.78, 5) is 39.6. The zero-order chi connectivity index (χ0) is 27.3. The van der Waals surface area contributed by atoms with E-state index in [1.807, 2.05) is 0 Å². The van der Waals surface area contributed by atoms with Gasteiger partial charge in [0.1, 0.15) is 0 Å². The largest absolute Gasteiger partial charge is 0.444 e. The molecule has 1 N–H and O–H groups in total. The van der Waals surface area contributed by atoms with Gasteiger partial charge < -0.3 is 10.1 Å². The number of amides is 1. The highest BCUT2D eigenvalue weighted by molar-refractivity contribution is 6.33. The summed E-state index contributed by atoms with van der Waals surface area (Å²) >= 11 is 6.03. The Hall–Kier alpha value is -4.43. The zero-order valence-electron chi connectivity index (χ0n) is 19.5. The zero-order valence-corrected chi connectivity index (χ0v) is 20.3. The van der Waals surface area contributed by atoms with Crippen LogP contribution in [0.5, 0.6) is 0 Å². The average Bonchev–Trinajstić information content (AvgIpc) is 2.92. The maximum Gasteiger partial charge on any atom is 0.416 e. The first-order chi connectivity index (χ1) is 18.1. The van der Waals surface area contributed by atoms with E-state index in [-0.39, 0.29) is 27.4 Å². The number of ketones is 1. The van der Waals surface area contributed by atoms with E-state index in [9.17, 15) is 27.6 Å². The number of anilines is 1. The van der Waals surface area contributed by atoms with Crippen molar-refractivity contribution < 1.29 is 32.3 Å². The summed E-state index contributed by atoms with van der Waals surface area (Å²) in [5.74, 6) is -2.32. The minimum atomic E-state index is -4.66. The molecule has 0 unspecified atom stereocenters. The van der Waals surface area contributed by atoms with Gasteiger partial charge in [-0.3, -0.25) is 9.59 Å². The van der Waals surface area contributed by atoms with Gasteiger partial charge in [-0.1, -0.05) is 90.5 Å². The van der Waals surface area contributed by atoms with Crippen molar-refractivity contribution in [2.24, 2.45) is 0 Å². The van der Waals surface area contributed by atoms with Gasteiger partial charge in [-0.05, 0) is 24.3 Å². The van der Waals surface area contributed by atoms with Crippen molar-refractivity contribution in [3.8, 4) is 0 Å². The number of alkyl halides is 3. The molecule has 0 heterocycles. The van der Waals surface area contributed by atoms with Crippen LogP contribution in [0.4, 0.5) is 18.9 Å². The number of hydrogen-bond donors (Lipinski definition) is 1. The minimum absolute atomic E-state index is 0.0665. The molecule has 0 aromatic heterocycles. The Kier molecular flexibility index (Phi) is 7.93. The van der Waals surface area contributed by atoms with Crippen molar-refractivity contribution in [2.45, 2.75) is 12.3 Å². The first-order valence-electron chi connectivity index (χ1n) is 11.3. The molecule has 0 radical (unpaired) electrons. The van der Waals surface area contributed by atoms with Gasteiger partial charge in [-0.15, -0.1) is 0 Å². The number of halogens is 4. The summed E-state index contributed by atoms with van der Waals surface area (Å²) in [5.41, 5.74) is -0.719. The molecule has 0 aliphatic rings. The number of benzene rings is 4. The molecule has 0 bridgehead atoms. The summed E-state index contributed by atoms with van der Waals surface area (Å²) in [5, 5.41) is 2.19. The van der Waals surface area contributed by atoms with E-state index < -0.39 is 35.5 Å². The topological polar surface area (TPSA) is 72.5 Å². The molecule has 9 heteroatoms. The van der Waals surface area contributed by atoms with Gasteiger partial charge in [0.15, 0.2) is 5.78 Å². The fraction of sp³-hybridized carbons (Fsp3) is 0.0690. The van der Waals surface area contributed by atoms with E-state index in [1.165, 1.54) is 24.3 Å². The molecule has 1 atom stereocenters. The third-order valence-electron chi connectivity index (χ3n) is 5.54. The predicted octanol–water partition coefficient (Wildman–Crippen LogP) is 7.13. The molecule has 4 aromatic carbocycles. The fourth-order valence-corrected chi connectivity index (χ4v) is 3.84. The number of carbonyl (C=O) groups is 3. The minimum Gasteiger partial charge on any atom is -0.444 e. The summed E-state index contributed by atoms with van der Waals surface area (Å²) in [6, 6.07) is 24.7. The predicted molar refractivity (Wildman–Crippen MR) is 136 cm³/mol. The maximum absolute atomic E-state index is 13.3.